The first-order valence-electron chi connectivity index (χ1n) is 5.98. The quantitative estimate of drug-likeness (QED) is 0.788. The minimum absolute atomic E-state index is 0.840. The summed E-state index contributed by atoms with van der Waals surface area (Å²) < 4.78 is 0. The van der Waals surface area contributed by atoms with E-state index in [2.05, 4.69) is 72.3 Å². The molecule has 18 heavy (non-hydrogen) atoms. The van der Waals surface area contributed by atoms with Gasteiger partial charge in [0.05, 0.1) is 0 Å². The Balaban J connectivity index is 1.86. The van der Waals surface area contributed by atoms with Crippen LogP contribution in [0.25, 0.3) is 6.08 Å². The van der Waals surface area contributed by atoms with E-state index in [-0.39, 0.29) is 0 Å². The van der Waals surface area contributed by atoms with Gasteiger partial charge in [0.1, 0.15) is 0 Å². The van der Waals surface area contributed by atoms with E-state index in [1.165, 1.54) is 16.1 Å². The molecular weight excluding hydrogens is 238 g/mol. The Kier molecular flexibility index (Phi) is 4.91. The molecule has 2 heteroatoms. The summed E-state index contributed by atoms with van der Waals surface area (Å²) in [5, 5.41) is 3.39. The summed E-state index contributed by atoms with van der Waals surface area (Å²) in [5.41, 5.74) is 2.40. The van der Waals surface area contributed by atoms with E-state index in [9.17, 15) is 0 Å². The van der Waals surface area contributed by atoms with Crippen LogP contribution in [-0.2, 0) is 0 Å². The summed E-state index contributed by atoms with van der Waals surface area (Å²) in [7, 11) is 0. The van der Waals surface area contributed by atoms with Crippen LogP contribution < -0.4 is 5.32 Å². The first-order chi connectivity index (χ1) is 8.88. The Labute approximate surface area is 113 Å². The molecule has 0 radical (unpaired) electrons. The lowest BCUT2D eigenvalue weighted by molar-refractivity contribution is 1.32. The maximum Gasteiger partial charge on any atom is 0.0353 e. The smallest absolute Gasteiger partial charge is 0.0353 e. The number of benzene rings is 2. The molecule has 0 aliphatic carbocycles. The van der Waals surface area contributed by atoms with Crippen molar-refractivity contribution in [1.29, 1.82) is 0 Å². The van der Waals surface area contributed by atoms with Crippen molar-refractivity contribution in [3.63, 3.8) is 0 Å². The second-order valence-corrected chi connectivity index (χ2v) is 4.81. The molecule has 1 N–H and O–H groups in total. The van der Waals surface area contributed by atoms with Crippen LogP contribution >= 0.6 is 11.8 Å². The van der Waals surface area contributed by atoms with Crippen LogP contribution in [0.4, 0.5) is 5.69 Å². The van der Waals surface area contributed by atoms with Gasteiger partial charge in [0.25, 0.3) is 0 Å². The summed E-state index contributed by atoms with van der Waals surface area (Å²) in [6.45, 7) is 0.840. The molecule has 0 atom stereocenters. The van der Waals surface area contributed by atoms with E-state index in [4.69, 9.17) is 0 Å². The van der Waals surface area contributed by atoms with E-state index in [1.807, 2.05) is 6.07 Å². The fourth-order valence-electron chi connectivity index (χ4n) is 1.67. The normalized spacial score (nSPS) is 10.7. The van der Waals surface area contributed by atoms with Crippen molar-refractivity contribution in [1.82, 2.24) is 0 Å². The molecule has 1 nitrogen and oxygen atoms in total. The maximum absolute atomic E-state index is 3.39. The molecule has 0 aromatic heterocycles. The lowest BCUT2D eigenvalue weighted by atomic mass is 10.2. The third-order valence-electron chi connectivity index (χ3n) is 2.60. The zero-order valence-corrected chi connectivity index (χ0v) is 11.3. The van der Waals surface area contributed by atoms with Crippen molar-refractivity contribution in [3.8, 4) is 0 Å². The Morgan fingerprint density at radius 1 is 1.06 bits per heavy atom. The van der Waals surface area contributed by atoms with Crippen LogP contribution in [-0.4, -0.2) is 12.8 Å². The van der Waals surface area contributed by atoms with E-state index < -0.39 is 0 Å². The van der Waals surface area contributed by atoms with Gasteiger partial charge in [-0.25, -0.2) is 0 Å². The van der Waals surface area contributed by atoms with Crippen molar-refractivity contribution >= 4 is 23.5 Å². The van der Waals surface area contributed by atoms with Crippen LogP contribution in [0.2, 0.25) is 0 Å². The van der Waals surface area contributed by atoms with Crippen LogP contribution in [0.15, 0.2) is 65.6 Å². The molecule has 0 fully saturated rings. The Bertz CT molecular complexity index is 506. The Hall–Kier alpha value is -1.67. The van der Waals surface area contributed by atoms with Crippen molar-refractivity contribution in [2.75, 3.05) is 18.1 Å². The molecule has 0 spiro atoms. The fraction of sp³-hybridized carbons (Fsp3) is 0.125. The van der Waals surface area contributed by atoms with Crippen molar-refractivity contribution in [3.05, 3.63) is 66.2 Å². The number of nitrogens with one attached hydrogen (secondary N) is 1. The second kappa shape index (κ2) is 6.92. The van der Waals surface area contributed by atoms with Gasteiger partial charge < -0.3 is 5.32 Å². The zero-order chi connectivity index (χ0) is 12.6. The van der Waals surface area contributed by atoms with E-state index >= 15 is 0 Å². The fourth-order valence-corrected chi connectivity index (χ4v) is 2.13. The highest BCUT2D eigenvalue weighted by atomic mass is 32.2. The number of hydrogen-bond donors (Lipinski definition) is 1. The number of thioether (sulfide) groups is 1. The second-order valence-electron chi connectivity index (χ2n) is 3.93. The first kappa shape index (κ1) is 12.8. The topological polar surface area (TPSA) is 12.0 Å². The van der Waals surface area contributed by atoms with E-state index in [1.54, 1.807) is 11.8 Å². The van der Waals surface area contributed by atoms with Crippen molar-refractivity contribution < 1.29 is 0 Å². The molecule has 92 valence electrons. The molecule has 0 saturated carbocycles. The zero-order valence-electron chi connectivity index (χ0n) is 10.5. The highest BCUT2D eigenvalue weighted by molar-refractivity contribution is 7.98. The molecule has 0 saturated heterocycles. The molecule has 0 aliphatic heterocycles. The molecule has 0 bridgehead atoms. The van der Waals surface area contributed by atoms with Crippen LogP contribution in [0.3, 0.4) is 0 Å². The lowest BCUT2D eigenvalue weighted by Crippen LogP contribution is -1.97. The molecule has 0 unspecified atom stereocenters. The number of anilines is 1. The molecule has 0 amide bonds. The minimum atomic E-state index is 0.840. The van der Waals surface area contributed by atoms with Gasteiger partial charge in [0.2, 0.25) is 0 Å². The largest absolute Gasteiger partial charge is 0.382 e. The maximum atomic E-state index is 3.39. The van der Waals surface area contributed by atoms with Crippen LogP contribution in [0.1, 0.15) is 5.56 Å². The third kappa shape index (κ3) is 3.97. The molecule has 0 aliphatic rings. The van der Waals surface area contributed by atoms with E-state index in [0.29, 0.717) is 0 Å². The monoisotopic (exact) mass is 255 g/mol. The van der Waals surface area contributed by atoms with Gasteiger partial charge in [-0.1, -0.05) is 48.6 Å². The Morgan fingerprint density at radius 2 is 1.89 bits per heavy atom. The molecule has 0 heterocycles. The van der Waals surface area contributed by atoms with Gasteiger partial charge in [-0.15, -0.1) is 11.8 Å². The van der Waals surface area contributed by atoms with Crippen molar-refractivity contribution in [2.24, 2.45) is 0 Å². The average molecular weight is 255 g/mol. The van der Waals surface area contributed by atoms with Gasteiger partial charge in [0, 0.05) is 17.1 Å². The van der Waals surface area contributed by atoms with Crippen molar-refractivity contribution in [2.45, 2.75) is 4.90 Å². The van der Waals surface area contributed by atoms with Gasteiger partial charge >= 0.3 is 0 Å². The number of rotatable bonds is 5. The predicted octanol–water partition coefficient (Wildman–Crippen LogP) is 4.53. The average Bonchev–Trinajstić information content (AvgIpc) is 2.45. The van der Waals surface area contributed by atoms with Crippen LogP contribution in [0.5, 0.6) is 0 Å². The van der Waals surface area contributed by atoms with Gasteiger partial charge in [-0.2, -0.15) is 0 Å². The van der Waals surface area contributed by atoms with Gasteiger partial charge in [-0.05, 0) is 30.0 Å². The summed E-state index contributed by atoms with van der Waals surface area (Å²) in [6.07, 6.45) is 6.36. The highest BCUT2D eigenvalue weighted by Crippen LogP contribution is 2.18. The Morgan fingerprint density at radius 3 is 2.67 bits per heavy atom. The summed E-state index contributed by atoms with van der Waals surface area (Å²) in [6, 6.07) is 18.8. The molecular formula is C16H17NS. The first-order valence-corrected chi connectivity index (χ1v) is 7.20. The highest BCUT2D eigenvalue weighted by Gasteiger charge is 1.92. The third-order valence-corrected chi connectivity index (χ3v) is 3.33. The van der Waals surface area contributed by atoms with E-state index in [0.717, 1.165) is 6.54 Å². The summed E-state index contributed by atoms with van der Waals surface area (Å²) in [5.74, 6) is 0. The summed E-state index contributed by atoms with van der Waals surface area (Å²) >= 11 is 1.76. The van der Waals surface area contributed by atoms with Gasteiger partial charge in [-0.3, -0.25) is 0 Å². The standard InChI is InChI=1S/C16H17NS/c1-18-16-11-5-10-15(13-16)17-12-6-9-14-7-3-2-4-8-14/h2-11,13,17H,12H2,1H3. The van der Waals surface area contributed by atoms with Crippen LogP contribution in [0, 0.1) is 0 Å². The molecule has 2 aromatic rings. The van der Waals surface area contributed by atoms with Gasteiger partial charge in [0.15, 0.2) is 0 Å². The minimum Gasteiger partial charge on any atom is -0.382 e. The predicted molar refractivity (Wildman–Crippen MR) is 82.2 cm³/mol. The number of hydrogen-bond acceptors (Lipinski definition) is 2. The summed E-state index contributed by atoms with van der Waals surface area (Å²) in [4.78, 5) is 1.28. The molecule has 2 rings (SSSR count). The lowest BCUT2D eigenvalue weighted by Gasteiger charge is -2.04. The SMILES string of the molecule is CSc1cccc(NCC=Cc2ccccc2)c1. The molecule has 2 aromatic carbocycles.